The molecule has 2 aromatic carbocycles. The van der Waals surface area contributed by atoms with Crippen LogP contribution in [0.15, 0.2) is 51.8 Å². The highest BCUT2D eigenvalue weighted by Crippen LogP contribution is 2.22. The van der Waals surface area contributed by atoms with Gasteiger partial charge in [-0.3, -0.25) is 10.2 Å². The molecule has 33 heavy (non-hydrogen) atoms. The minimum absolute atomic E-state index is 0.219. The van der Waals surface area contributed by atoms with Crippen molar-refractivity contribution in [2.75, 3.05) is 24.7 Å². The van der Waals surface area contributed by atoms with Gasteiger partial charge in [0.25, 0.3) is 0 Å². The summed E-state index contributed by atoms with van der Waals surface area (Å²) >= 11 is 3.07. The van der Waals surface area contributed by atoms with Gasteiger partial charge in [0.1, 0.15) is 5.82 Å². The first kappa shape index (κ1) is 24.8. The zero-order chi connectivity index (χ0) is 24.2. The van der Waals surface area contributed by atoms with Gasteiger partial charge in [0.05, 0.1) is 9.37 Å². The number of amidine groups is 1. The second-order valence-electron chi connectivity index (χ2n) is 7.83. The van der Waals surface area contributed by atoms with Crippen LogP contribution in [0.5, 0.6) is 0 Å². The van der Waals surface area contributed by atoms with Gasteiger partial charge in [0.15, 0.2) is 15.7 Å². The Kier molecular flexibility index (Phi) is 7.85. The number of nitrogens with zero attached hydrogens (tertiary/aromatic N) is 1. The monoisotopic (exact) mass is 538 g/mol. The number of likely N-dealkylation sites (tertiary alicyclic amines) is 1. The Morgan fingerprint density at radius 2 is 1.79 bits per heavy atom. The number of urea groups is 1. The van der Waals surface area contributed by atoms with Crippen LogP contribution in [-0.4, -0.2) is 50.3 Å². The van der Waals surface area contributed by atoms with Crippen LogP contribution in [-0.2, 0) is 21.2 Å². The van der Waals surface area contributed by atoms with Crippen LogP contribution >= 0.6 is 15.9 Å². The predicted octanol–water partition coefficient (Wildman–Crippen LogP) is 3.57. The maximum absolute atomic E-state index is 13.3. The lowest BCUT2D eigenvalue weighted by molar-refractivity contribution is -0.117. The van der Waals surface area contributed by atoms with Crippen molar-refractivity contribution in [1.82, 2.24) is 10.2 Å². The number of Topliss-reactive ketones (excluding diaryl/α,β-unsaturated/α-hetero) is 1. The first-order valence-corrected chi connectivity index (χ1v) is 12.9. The van der Waals surface area contributed by atoms with E-state index in [4.69, 9.17) is 5.41 Å². The van der Waals surface area contributed by atoms with Crippen LogP contribution in [0, 0.1) is 17.1 Å². The molecule has 0 bridgehead atoms. The summed E-state index contributed by atoms with van der Waals surface area (Å²) in [7, 11) is -3.27. The van der Waals surface area contributed by atoms with E-state index in [9.17, 15) is 22.4 Å². The van der Waals surface area contributed by atoms with E-state index < -0.39 is 15.7 Å². The minimum atomic E-state index is -3.27. The summed E-state index contributed by atoms with van der Waals surface area (Å²) in [6.45, 7) is 1.01. The summed E-state index contributed by atoms with van der Waals surface area (Å²) in [6, 6.07) is 10.2. The quantitative estimate of drug-likeness (QED) is 0.383. The lowest BCUT2D eigenvalue weighted by Crippen LogP contribution is -2.46. The molecular formula is C22H24BrFN4O4S. The van der Waals surface area contributed by atoms with Crippen molar-refractivity contribution in [3.8, 4) is 0 Å². The summed E-state index contributed by atoms with van der Waals surface area (Å²) < 4.78 is 36.6. The molecule has 1 saturated heterocycles. The highest BCUT2D eigenvalue weighted by molar-refractivity contribution is 9.10. The van der Waals surface area contributed by atoms with Crippen LogP contribution in [0.4, 0.5) is 14.9 Å². The lowest BCUT2D eigenvalue weighted by Gasteiger charge is -2.31. The standard InChI is InChI=1S/C22H24BrFN4O4S/c1-33(31,32)17-5-2-14(3-6-17)13-26-22(30)28-10-8-15(9-11-28)20(29)21(25)27-16-4-7-19(24)18(23)12-16/h2-7,12,15H,8-11,13H2,1H3,(H2,25,27)(H,26,30). The molecule has 0 aromatic heterocycles. The number of benzene rings is 2. The molecule has 3 rings (SSSR count). The zero-order valence-corrected chi connectivity index (χ0v) is 20.3. The molecule has 0 saturated carbocycles. The Labute approximate surface area is 200 Å². The molecule has 1 aliphatic heterocycles. The van der Waals surface area contributed by atoms with E-state index >= 15 is 0 Å². The van der Waals surface area contributed by atoms with Crippen molar-refractivity contribution in [2.45, 2.75) is 24.3 Å². The number of amides is 2. The van der Waals surface area contributed by atoms with Gasteiger partial charge in [0, 0.05) is 37.5 Å². The van der Waals surface area contributed by atoms with Gasteiger partial charge in [-0.2, -0.15) is 0 Å². The lowest BCUT2D eigenvalue weighted by atomic mass is 9.92. The van der Waals surface area contributed by atoms with Gasteiger partial charge in [0.2, 0.25) is 5.78 Å². The summed E-state index contributed by atoms with van der Waals surface area (Å²) in [4.78, 5) is 26.9. The third kappa shape index (κ3) is 6.61. The second-order valence-corrected chi connectivity index (χ2v) is 10.7. The van der Waals surface area contributed by atoms with Crippen LogP contribution in [0.1, 0.15) is 18.4 Å². The highest BCUT2D eigenvalue weighted by atomic mass is 79.9. The van der Waals surface area contributed by atoms with Crippen LogP contribution < -0.4 is 10.6 Å². The second kappa shape index (κ2) is 10.4. The number of carbonyl (C=O) groups excluding carboxylic acids is 2. The summed E-state index contributed by atoms with van der Waals surface area (Å²) in [6.07, 6.45) is 2.01. The molecule has 1 fully saturated rings. The van der Waals surface area contributed by atoms with Crippen LogP contribution in [0.3, 0.4) is 0 Å². The van der Waals surface area contributed by atoms with E-state index in [1.165, 1.54) is 30.3 Å². The number of carbonyl (C=O) groups is 2. The van der Waals surface area contributed by atoms with Crippen molar-refractivity contribution in [3.05, 3.63) is 58.3 Å². The summed E-state index contributed by atoms with van der Waals surface area (Å²) in [5.74, 6) is -1.42. The molecule has 1 aliphatic rings. The fraction of sp³-hybridized carbons (Fsp3) is 0.318. The smallest absolute Gasteiger partial charge is 0.317 e. The van der Waals surface area contributed by atoms with Gasteiger partial charge in [-0.25, -0.2) is 17.6 Å². The van der Waals surface area contributed by atoms with Crippen LogP contribution in [0.25, 0.3) is 0 Å². The van der Waals surface area contributed by atoms with Crippen molar-refractivity contribution in [2.24, 2.45) is 5.92 Å². The van der Waals surface area contributed by atoms with E-state index in [2.05, 4.69) is 26.6 Å². The molecule has 0 aliphatic carbocycles. The van der Waals surface area contributed by atoms with Crippen molar-refractivity contribution in [3.63, 3.8) is 0 Å². The molecule has 2 amide bonds. The Morgan fingerprint density at radius 1 is 1.15 bits per heavy atom. The van der Waals surface area contributed by atoms with E-state index in [0.29, 0.717) is 31.6 Å². The Morgan fingerprint density at radius 3 is 2.36 bits per heavy atom. The molecule has 0 unspecified atom stereocenters. The number of sulfone groups is 1. The number of halogens is 2. The molecule has 3 N–H and O–H groups in total. The van der Waals surface area contributed by atoms with Gasteiger partial charge in [-0.1, -0.05) is 12.1 Å². The van der Waals surface area contributed by atoms with Crippen molar-refractivity contribution in [1.29, 1.82) is 5.41 Å². The maximum Gasteiger partial charge on any atom is 0.317 e. The maximum atomic E-state index is 13.3. The van der Waals surface area contributed by atoms with E-state index in [1.54, 1.807) is 17.0 Å². The molecule has 0 radical (unpaired) electrons. The number of ketones is 1. The van der Waals surface area contributed by atoms with Crippen molar-refractivity contribution >= 4 is 49.1 Å². The minimum Gasteiger partial charge on any atom is -0.338 e. The molecular weight excluding hydrogens is 515 g/mol. The number of hydrogen-bond acceptors (Lipinski definition) is 5. The van der Waals surface area contributed by atoms with Gasteiger partial charge in [-0.05, 0) is 64.7 Å². The molecule has 11 heteroatoms. The highest BCUT2D eigenvalue weighted by Gasteiger charge is 2.29. The van der Waals surface area contributed by atoms with Crippen LogP contribution in [0.2, 0.25) is 0 Å². The fourth-order valence-corrected chi connectivity index (χ4v) is 4.48. The van der Waals surface area contributed by atoms with Gasteiger partial charge >= 0.3 is 6.03 Å². The SMILES string of the molecule is CS(=O)(=O)c1ccc(CNC(=O)N2CCC(C(=O)C(=N)Nc3ccc(F)c(Br)c3)CC2)cc1. The third-order valence-corrected chi connectivity index (χ3v) is 7.12. The molecule has 2 aromatic rings. The average molecular weight is 539 g/mol. The summed E-state index contributed by atoms with van der Waals surface area (Å²) in [5.41, 5.74) is 1.20. The Bertz CT molecular complexity index is 1160. The average Bonchev–Trinajstić information content (AvgIpc) is 2.79. The largest absolute Gasteiger partial charge is 0.338 e. The molecule has 0 spiro atoms. The van der Waals surface area contributed by atoms with Crippen molar-refractivity contribution < 1.29 is 22.4 Å². The van der Waals surface area contributed by atoms with Gasteiger partial charge in [-0.15, -0.1) is 0 Å². The first-order valence-electron chi connectivity index (χ1n) is 10.2. The Balaban J connectivity index is 1.46. The third-order valence-electron chi connectivity index (χ3n) is 5.38. The van der Waals surface area contributed by atoms with E-state index in [-0.39, 0.29) is 39.5 Å². The predicted molar refractivity (Wildman–Crippen MR) is 127 cm³/mol. The molecule has 176 valence electrons. The number of nitrogens with one attached hydrogen (secondary N) is 3. The molecule has 1 heterocycles. The van der Waals surface area contributed by atoms with E-state index in [0.717, 1.165) is 11.8 Å². The number of rotatable bonds is 6. The van der Waals surface area contributed by atoms with Gasteiger partial charge < -0.3 is 15.5 Å². The normalized spacial score (nSPS) is 14.6. The topological polar surface area (TPSA) is 119 Å². The Hall–Kier alpha value is -2.79. The first-order chi connectivity index (χ1) is 15.5. The fourth-order valence-electron chi connectivity index (χ4n) is 3.47. The molecule has 8 nitrogen and oxygen atoms in total. The number of hydrogen-bond donors (Lipinski definition) is 3. The van der Waals surface area contributed by atoms with E-state index in [1.807, 2.05) is 0 Å². The molecule has 0 atom stereocenters. The zero-order valence-electron chi connectivity index (χ0n) is 17.9. The number of anilines is 1. The summed E-state index contributed by atoms with van der Waals surface area (Å²) in [5, 5.41) is 13.5. The number of piperidine rings is 1.